The molecule has 15 nitrogen and oxygen atoms in total. The maximum atomic E-state index is 14.0. The lowest BCUT2D eigenvalue weighted by molar-refractivity contribution is -0.144. The molecule has 0 radical (unpaired) electrons. The number of ether oxygens (including phenoxy) is 3. The van der Waals surface area contributed by atoms with Crippen LogP contribution in [0, 0.1) is 23.7 Å². The lowest BCUT2D eigenvalue weighted by Crippen LogP contribution is -2.57. The highest BCUT2D eigenvalue weighted by Crippen LogP contribution is 2.40. The molecule has 5 amide bonds. The molecule has 2 aliphatic heterocycles. The van der Waals surface area contributed by atoms with Gasteiger partial charge in [0.25, 0.3) is 5.91 Å². The van der Waals surface area contributed by atoms with Crippen LogP contribution in [0.3, 0.4) is 0 Å². The molecule has 2 N–H and O–H groups in total. The summed E-state index contributed by atoms with van der Waals surface area (Å²) in [7, 11) is 0. The van der Waals surface area contributed by atoms with E-state index in [1.807, 2.05) is 31.2 Å². The SMILES string of the molecule is Cc1ncsc1-c1ccc(CCC(=O)[C@@H]2C[C@@H](O)CN2C(=O)[C@@H](NC(=O)COCCOCCOc2ccc(N3C(=O)N(c4ccc(C#N)c(C(F)(F)F)c4)C(=O)C3(C)C)cc2)C(C)(C)C)cc1. The smallest absolute Gasteiger partial charge is 0.417 e. The Labute approximate surface area is 390 Å². The Morgan fingerprint density at radius 1 is 0.970 bits per heavy atom. The molecule has 356 valence electrons. The van der Waals surface area contributed by atoms with Crippen molar-refractivity contribution in [3.05, 3.63) is 94.6 Å². The van der Waals surface area contributed by atoms with Crippen LogP contribution in [-0.4, -0.2) is 108 Å². The number of imide groups is 1. The van der Waals surface area contributed by atoms with Crippen molar-refractivity contribution in [2.24, 2.45) is 5.41 Å². The average molecular weight is 947 g/mol. The molecule has 19 heteroatoms. The summed E-state index contributed by atoms with van der Waals surface area (Å²) in [5, 5.41) is 22.5. The van der Waals surface area contributed by atoms with Crippen LogP contribution in [0.5, 0.6) is 5.75 Å². The number of nitrogens with one attached hydrogen (secondary N) is 1. The first-order chi connectivity index (χ1) is 31.6. The van der Waals surface area contributed by atoms with E-state index in [9.17, 15) is 42.3 Å². The number of rotatable bonds is 18. The topological polar surface area (TPSA) is 192 Å². The second-order valence-electron chi connectivity index (χ2n) is 17.9. The molecule has 0 saturated carbocycles. The lowest BCUT2D eigenvalue weighted by atomic mass is 9.85. The zero-order valence-corrected chi connectivity index (χ0v) is 38.8. The second-order valence-corrected chi connectivity index (χ2v) is 18.7. The van der Waals surface area contributed by atoms with Gasteiger partial charge in [-0.05, 0) is 86.2 Å². The van der Waals surface area contributed by atoms with Crippen LogP contribution in [0.25, 0.3) is 10.4 Å². The number of nitriles is 1. The molecule has 0 spiro atoms. The van der Waals surface area contributed by atoms with Crippen molar-refractivity contribution in [3.63, 3.8) is 0 Å². The molecule has 2 saturated heterocycles. The van der Waals surface area contributed by atoms with Gasteiger partial charge in [-0.25, -0.2) is 14.7 Å². The fourth-order valence-corrected chi connectivity index (χ4v) is 8.78. The summed E-state index contributed by atoms with van der Waals surface area (Å²) in [6.45, 7) is 10.3. The Morgan fingerprint density at radius 3 is 2.25 bits per heavy atom. The average Bonchev–Trinajstić information content (AvgIpc) is 3.94. The Bertz CT molecular complexity index is 2500. The predicted molar refractivity (Wildman–Crippen MR) is 242 cm³/mol. The predicted octanol–water partition coefficient (Wildman–Crippen LogP) is 6.87. The van der Waals surface area contributed by atoms with Crippen molar-refractivity contribution in [2.75, 3.05) is 49.4 Å². The van der Waals surface area contributed by atoms with Crippen LogP contribution in [0.2, 0.25) is 0 Å². The third kappa shape index (κ3) is 11.7. The summed E-state index contributed by atoms with van der Waals surface area (Å²) in [6.07, 6.45) is -4.99. The maximum Gasteiger partial charge on any atom is 0.417 e. The van der Waals surface area contributed by atoms with Crippen LogP contribution < -0.4 is 19.9 Å². The Hall–Kier alpha value is -6.20. The third-order valence-corrected chi connectivity index (χ3v) is 12.5. The number of aliphatic hydroxyl groups is 1. The first kappa shape index (κ1) is 50.2. The molecule has 2 aliphatic rings. The number of hydrogen-bond donors (Lipinski definition) is 2. The summed E-state index contributed by atoms with van der Waals surface area (Å²) in [4.78, 5) is 76.0. The number of nitrogens with zero attached hydrogens (tertiary/aromatic N) is 5. The van der Waals surface area contributed by atoms with Crippen molar-refractivity contribution < 1.29 is 56.5 Å². The molecule has 1 aromatic heterocycles. The van der Waals surface area contributed by atoms with Gasteiger partial charge in [0, 0.05) is 25.1 Å². The molecule has 2 fully saturated rings. The molecule has 0 bridgehead atoms. The zero-order valence-electron chi connectivity index (χ0n) is 38.0. The second kappa shape index (κ2) is 20.8. The van der Waals surface area contributed by atoms with Crippen LogP contribution in [0.4, 0.5) is 29.3 Å². The number of benzene rings is 3. The summed E-state index contributed by atoms with van der Waals surface area (Å²) in [5.74, 6) is -1.51. The van der Waals surface area contributed by atoms with E-state index in [2.05, 4.69) is 10.3 Å². The maximum absolute atomic E-state index is 14.0. The first-order valence-electron chi connectivity index (χ1n) is 21.6. The largest absolute Gasteiger partial charge is 0.491 e. The lowest BCUT2D eigenvalue weighted by Gasteiger charge is -2.35. The zero-order chi connectivity index (χ0) is 48.8. The molecule has 0 aliphatic carbocycles. The highest BCUT2D eigenvalue weighted by Gasteiger charge is 2.53. The number of carbonyl (C=O) groups is 5. The number of likely N-dealkylation sites (tertiary alicyclic amines) is 1. The Kier molecular flexibility index (Phi) is 15.6. The van der Waals surface area contributed by atoms with Gasteiger partial charge in [-0.2, -0.15) is 18.4 Å². The third-order valence-electron chi connectivity index (χ3n) is 11.5. The Morgan fingerprint density at radius 2 is 1.63 bits per heavy atom. The van der Waals surface area contributed by atoms with Crippen LogP contribution in [-0.2, 0) is 41.2 Å². The normalized spacial score (nSPS) is 17.7. The molecule has 6 rings (SSSR count). The molecular weight excluding hydrogens is 894 g/mol. The van der Waals surface area contributed by atoms with Gasteiger partial charge in [0.2, 0.25) is 11.8 Å². The van der Waals surface area contributed by atoms with Gasteiger partial charge in [0.15, 0.2) is 5.78 Å². The van der Waals surface area contributed by atoms with Gasteiger partial charge in [0.1, 0.15) is 30.5 Å². The van der Waals surface area contributed by atoms with Crippen LogP contribution in [0.15, 0.2) is 72.2 Å². The fourth-order valence-electron chi connectivity index (χ4n) is 7.97. The van der Waals surface area contributed by atoms with E-state index in [0.717, 1.165) is 33.8 Å². The van der Waals surface area contributed by atoms with Crippen LogP contribution >= 0.6 is 11.3 Å². The summed E-state index contributed by atoms with van der Waals surface area (Å²) < 4.78 is 57.8. The van der Waals surface area contributed by atoms with Crippen molar-refractivity contribution in [1.82, 2.24) is 15.2 Å². The van der Waals surface area contributed by atoms with E-state index < -0.39 is 70.2 Å². The van der Waals surface area contributed by atoms with Crippen molar-refractivity contribution >= 4 is 52.2 Å². The molecule has 3 aromatic carbocycles. The summed E-state index contributed by atoms with van der Waals surface area (Å²) in [5.41, 5.74) is 0.654. The van der Waals surface area contributed by atoms with Crippen molar-refractivity contribution in [3.8, 4) is 22.3 Å². The summed E-state index contributed by atoms with van der Waals surface area (Å²) in [6, 6.07) is 15.6. The van der Waals surface area contributed by atoms with E-state index in [1.54, 1.807) is 49.8 Å². The van der Waals surface area contributed by atoms with Gasteiger partial charge < -0.3 is 29.5 Å². The van der Waals surface area contributed by atoms with E-state index in [4.69, 9.17) is 19.5 Å². The number of ketones is 1. The molecule has 3 heterocycles. The van der Waals surface area contributed by atoms with Gasteiger partial charge in [0.05, 0.1) is 70.9 Å². The van der Waals surface area contributed by atoms with Gasteiger partial charge in [-0.3, -0.25) is 24.1 Å². The first-order valence-corrected chi connectivity index (χ1v) is 22.5. The minimum absolute atomic E-state index is 0.0235. The number of anilines is 2. The number of carbonyl (C=O) groups excluding carboxylic acids is 5. The highest BCUT2D eigenvalue weighted by atomic mass is 32.1. The molecule has 0 unspecified atom stereocenters. The highest BCUT2D eigenvalue weighted by molar-refractivity contribution is 7.13. The minimum Gasteiger partial charge on any atom is -0.491 e. The number of alkyl halides is 3. The number of urea groups is 1. The number of β-amino-alcohol motifs (C(OH)–C–C–N with tert-alkyl or cyclic N) is 1. The van der Waals surface area contributed by atoms with Gasteiger partial charge in [-0.1, -0.05) is 45.0 Å². The molecule has 3 atom stereocenters. The summed E-state index contributed by atoms with van der Waals surface area (Å²) >= 11 is 1.56. The van der Waals surface area contributed by atoms with Gasteiger partial charge in [-0.15, -0.1) is 11.3 Å². The fraction of sp³-hybridized carbons (Fsp3) is 0.438. The number of aliphatic hydroxyl groups excluding tert-OH is 1. The number of amides is 5. The van der Waals surface area contributed by atoms with E-state index in [-0.39, 0.29) is 63.9 Å². The standard InChI is InChI=1S/C48H53F3N6O9S/c1-29-41(67-28-53-29)31-10-7-30(8-11-31)9-18-39(59)38-24-35(58)26-55(38)43(61)42(46(2,3)4)54-40(60)27-65-20-19-64-21-22-66-36-16-14-33(15-17-36)57-45(63)56(44(62)47(57,5)6)34-13-12-32(25-52)37(23-34)48(49,50)51/h7-8,10-17,23,28,35,38,42,58H,9,18-22,24,26-27H2,1-6H3,(H,54,60)/t35-,38+,42-/m1/s1. The molecular formula is C48H53F3N6O9S. The van der Waals surface area contributed by atoms with Crippen molar-refractivity contribution in [1.29, 1.82) is 5.26 Å². The number of aryl methyl sites for hydroxylation is 2. The molecule has 4 aromatic rings. The number of Topliss-reactive ketones (excluding diaryl/α,β-unsaturated/α-hetero) is 1. The van der Waals surface area contributed by atoms with E-state index in [1.165, 1.54) is 41.8 Å². The minimum atomic E-state index is -4.88. The van der Waals surface area contributed by atoms with E-state index >= 15 is 0 Å². The van der Waals surface area contributed by atoms with Gasteiger partial charge >= 0.3 is 12.2 Å². The number of hydrogen-bond acceptors (Lipinski definition) is 12. The monoisotopic (exact) mass is 946 g/mol. The number of halogens is 3. The number of thiazole rings is 1. The van der Waals surface area contributed by atoms with E-state index in [0.29, 0.717) is 28.8 Å². The Balaban J connectivity index is 0.921. The number of aromatic nitrogens is 1. The molecule has 67 heavy (non-hydrogen) atoms. The quantitative estimate of drug-likeness (QED) is 0.0782. The van der Waals surface area contributed by atoms with Crippen LogP contribution in [0.1, 0.15) is 69.8 Å². The van der Waals surface area contributed by atoms with Crippen molar-refractivity contribution in [2.45, 2.75) is 90.7 Å².